The van der Waals surface area contributed by atoms with E-state index in [1.165, 1.54) is 0 Å². The lowest BCUT2D eigenvalue weighted by atomic mass is 9.95. The summed E-state index contributed by atoms with van der Waals surface area (Å²) in [7, 11) is 1.69. The van der Waals surface area contributed by atoms with Gasteiger partial charge in [0.2, 0.25) is 0 Å². The van der Waals surface area contributed by atoms with Gasteiger partial charge in [0.1, 0.15) is 23.5 Å². The van der Waals surface area contributed by atoms with Gasteiger partial charge in [0.25, 0.3) is 0 Å². The molecule has 0 spiro atoms. The zero-order chi connectivity index (χ0) is 19.4. The molecule has 1 aliphatic rings. The molecule has 0 amide bonds. The summed E-state index contributed by atoms with van der Waals surface area (Å²) in [4.78, 5) is 11.8. The van der Waals surface area contributed by atoms with Crippen molar-refractivity contribution in [3.05, 3.63) is 46.9 Å². The summed E-state index contributed by atoms with van der Waals surface area (Å²) < 4.78 is 11.4. The van der Waals surface area contributed by atoms with Gasteiger partial charge in [-0.3, -0.25) is 0 Å². The molecule has 1 saturated heterocycles. The number of benzene rings is 1. The minimum atomic E-state index is -0.107. The van der Waals surface area contributed by atoms with Crippen LogP contribution in [0.15, 0.2) is 30.3 Å². The Balaban J connectivity index is 1.70. The van der Waals surface area contributed by atoms with Crippen molar-refractivity contribution in [2.75, 3.05) is 25.1 Å². The molecule has 0 aliphatic carbocycles. The van der Waals surface area contributed by atoms with E-state index < -0.39 is 0 Å². The maximum absolute atomic E-state index is 6.21. The standard InChI is InChI=1S/C21H28ClN3O2/c1-21(2,3)20-23-15(14-26-4)13-19(24-20)25-11-9-16(10-12-25)27-18-8-6-5-7-17(18)22/h5-8,13,16H,9-12,14H2,1-4H3. The number of aromatic nitrogens is 2. The van der Waals surface area contributed by atoms with Gasteiger partial charge in [-0.25, -0.2) is 9.97 Å². The SMILES string of the molecule is COCc1cc(N2CCC(Oc3ccccc3Cl)CC2)nc(C(C)(C)C)n1. The fraction of sp³-hybridized carbons (Fsp3) is 0.524. The summed E-state index contributed by atoms with van der Waals surface area (Å²) in [6, 6.07) is 9.68. The normalized spacial score (nSPS) is 15.8. The van der Waals surface area contributed by atoms with Crippen LogP contribution in [0.4, 0.5) is 5.82 Å². The third-order valence-electron chi connectivity index (χ3n) is 4.62. The number of hydrogen-bond donors (Lipinski definition) is 0. The Hall–Kier alpha value is -1.85. The molecule has 3 rings (SSSR count). The predicted octanol–water partition coefficient (Wildman–Crippen LogP) is 4.62. The summed E-state index contributed by atoms with van der Waals surface area (Å²) in [5, 5.41) is 0.662. The van der Waals surface area contributed by atoms with Gasteiger partial charge in [0.15, 0.2) is 0 Å². The second-order valence-electron chi connectivity index (χ2n) is 7.96. The van der Waals surface area contributed by atoms with Crippen molar-refractivity contribution in [1.82, 2.24) is 9.97 Å². The highest BCUT2D eigenvalue weighted by Crippen LogP contribution is 2.28. The number of nitrogens with zero attached hydrogens (tertiary/aromatic N) is 3. The number of ether oxygens (including phenoxy) is 2. The first-order valence-electron chi connectivity index (χ1n) is 9.40. The van der Waals surface area contributed by atoms with E-state index in [1.54, 1.807) is 7.11 Å². The summed E-state index contributed by atoms with van der Waals surface area (Å²) in [5.74, 6) is 2.58. The zero-order valence-corrected chi connectivity index (χ0v) is 17.3. The third-order valence-corrected chi connectivity index (χ3v) is 4.94. The third kappa shape index (κ3) is 5.11. The predicted molar refractivity (Wildman–Crippen MR) is 109 cm³/mol. The molecular formula is C21H28ClN3O2. The van der Waals surface area contributed by atoms with E-state index in [-0.39, 0.29) is 11.5 Å². The van der Waals surface area contributed by atoms with E-state index in [4.69, 9.17) is 26.1 Å². The second-order valence-corrected chi connectivity index (χ2v) is 8.37. The molecule has 5 nitrogen and oxygen atoms in total. The fourth-order valence-corrected chi connectivity index (χ4v) is 3.31. The minimum Gasteiger partial charge on any atom is -0.489 e. The Morgan fingerprint density at radius 1 is 1.15 bits per heavy atom. The fourth-order valence-electron chi connectivity index (χ4n) is 3.12. The molecule has 1 aliphatic heterocycles. The monoisotopic (exact) mass is 389 g/mol. The number of rotatable bonds is 5. The van der Waals surface area contributed by atoms with Crippen molar-refractivity contribution in [3.63, 3.8) is 0 Å². The van der Waals surface area contributed by atoms with Gasteiger partial charge in [-0.1, -0.05) is 44.5 Å². The van der Waals surface area contributed by atoms with Gasteiger partial charge in [0, 0.05) is 44.5 Å². The molecule has 0 unspecified atom stereocenters. The highest BCUT2D eigenvalue weighted by Gasteiger charge is 2.25. The zero-order valence-electron chi connectivity index (χ0n) is 16.5. The number of methoxy groups -OCH3 is 1. The average Bonchev–Trinajstić information content (AvgIpc) is 2.63. The van der Waals surface area contributed by atoms with E-state index in [0.717, 1.165) is 49.0 Å². The van der Waals surface area contributed by atoms with Crippen molar-refractivity contribution in [1.29, 1.82) is 0 Å². The molecule has 27 heavy (non-hydrogen) atoms. The van der Waals surface area contributed by atoms with Crippen LogP contribution in [0, 0.1) is 0 Å². The molecule has 2 aromatic rings. The molecular weight excluding hydrogens is 362 g/mol. The summed E-state index contributed by atoms with van der Waals surface area (Å²) >= 11 is 6.21. The van der Waals surface area contributed by atoms with E-state index >= 15 is 0 Å². The first-order chi connectivity index (χ1) is 12.9. The molecule has 1 aromatic carbocycles. The van der Waals surface area contributed by atoms with Gasteiger partial charge in [-0.05, 0) is 12.1 Å². The number of anilines is 1. The molecule has 1 fully saturated rings. The molecule has 0 saturated carbocycles. The lowest BCUT2D eigenvalue weighted by Gasteiger charge is -2.33. The Labute approximate surface area is 166 Å². The van der Waals surface area contributed by atoms with Crippen LogP contribution in [0.1, 0.15) is 45.1 Å². The van der Waals surface area contributed by atoms with Crippen LogP contribution in [0.2, 0.25) is 5.02 Å². The topological polar surface area (TPSA) is 47.5 Å². The van der Waals surface area contributed by atoms with Gasteiger partial charge in [-0.15, -0.1) is 0 Å². The molecule has 0 bridgehead atoms. The quantitative estimate of drug-likeness (QED) is 0.746. The second kappa shape index (κ2) is 8.44. The summed E-state index contributed by atoms with van der Waals surface area (Å²) in [6.45, 7) is 8.67. The Kier molecular flexibility index (Phi) is 6.22. The highest BCUT2D eigenvalue weighted by atomic mass is 35.5. The van der Waals surface area contributed by atoms with E-state index in [1.807, 2.05) is 30.3 Å². The van der Waals surface area contributed by atoms with Crippen LogP contribution in [0.3, 0.4) is 0 Å². The van der Waals surface area contributed by atoms with Crippen LogP contribution >= 0.6 is 11.6 Å². The van der Waals surface area contributed by atoms with Crippen LogP contribution in [0.25, 0.3) is 0 Å². The first kappa shape index (κ1) is 19.9. The molecule has 146 valence electrons. The summed E-state index contributed by atoms with van der Waals surface area (Å²) in [6.07, 6.45) is 2.03. The van der Waals surface area contributed by atoms with E-state index in [2.05, 4.69) is 30.7 Å². The number of para-hydroxylation sites is 1. The molecule has 0 atom stereocenters. The molecule has 6 heteroatoms. The van der Waals surface area contributed by atoms with Crippen LogP contribution in [-0.2, 0) is 16.8 Å². The maximum Gasteiger partial charge on any atom is 0.138 e. The van der Waals surface area contributed by atoms with E-state index in [0.29, 0.717) is 11.6 Å². The smallest absolute Gasteiger partial charge is 0.138 e. The Morgan fingerprint density at radius 2 is 1.85 bits per heavy atom. The van der Waals surface area contributed by atoms with Crippen LogP contribution in [-0.4, -0.2) is 36.3 Å². The number of halogens is 1. The van der Waals surface area contributed by atoms with Gasteiger partial charge < -0.3 is 14.4 Å². The van der Waals surface area contributed by atoms with Crippen molar-refractivity contribution < 1.29 is 9.47 Å². The van der Waals surface area contributed by atoms with Gasteiger partial charge >= 0.3 is 0 Å². The maximum atomic E-state index is 6.21. The molecule has 0 radical (unpaired) electrons. The summed E-state index contributed by atoms with van der Waals surface area (Å²) in [5.41, 5.74) is 0.811. The van der Waals surface area contributed by atoms with Crippen molar-refractivity contribution >= 4 is 17.4 Å². The van der Waals surface area contributed by atoms with Crippen molar-refractivity contribution in [3.8, 4) is 5.75 Å². The average molecular weight is 390 g/mol. The van der Waals surface area contributed by atoms with Crippen molar-refractivity contribution in [2.24, 2.45) is 0 Å². The van der Waals surface area contributed by atoms with Crippen LogP contribution < -0.4 is 9.64 Å². The van der Waals surface area contributed by atoms with E-state index in [9.17, 15) is 0 Å². The molecule has 2 heterocycles. The van der Waals surface area contributed by atoms with Gasteiger partial charge in [0.05, 0.1) is 17.3 Å². The lowest BCUT2D eigenvalue weighted by Crippen LogP contribution is -2.39. The Bertz CT molecular complexity index is 768. The largest absolute Gasteiger partial charge is 0.489 e. The minimum absolute atomic E-state index is 0.107. The van der Waals surface area contributed by atoms with Crippen molar-refractivity contribution in [2.45, 2.75) is 51.7 Å². The first-order valence-corrected chi connectivity index (χ1v) is 9.78. The molecule has 1 aromatic heterocycles. The number of piperidine rings is 1. The lowest BCUT2D eigenvalue weighted by molar-refractivity contribution is 0.170. The molecule has 0 N–H and O–H groups in total. The van der Waals surface area contributed by atoms with Crippen LogP contribution in [0.5, 0.6) is 5.75 Å². The number of hydrogen-bond acceptors (Lipinski definition) is 5. The Morgan fingerprint density at radius 3 is 2.48 bits per heavy atom. The van der Waals surface area contributed by atoms with Gasteiger partial charge in [-0.2, -0.15) is 0 Å². The highest BCUT2D eigenvalue weighted by molar-refractivity contribution is 6.32.